The topological polar surface area (TPSA) is 48.9 Å². The first-order chi connectivity index (χ1) is 9.59. The molecule has 2 heterocycles. The molecule has 0 radical (unpaired) electrons. The van der Waals surface area contributed by atoms with Gasteiger partial charge in [-0.15, -0.1) is 24.0 Å². The molecule has 1 saturated carbocycles. The van der Waals surface area contributed by atoms with Gasteiger partial charge in [-0.1, -0.05) is 6.92 Å². The molecule has 1 aliphatic carbocycles. The summed E-state index contributed by atoms with van der Waals surface area (Å²) in [4.78, 5) is 7.02. The number of aliphatic imine (C=N–C) groups is 1. The van der Waals surface area contributed by atoms with Crippen LogP contribution in [0.4, 0.5) is 0 Å². The van der Waals surface area contributed by atoms with Gasteiger partial charge >= 0.3 is 0 Å². The zero-order chi connectivity index (χ0) is 14.2. The van der Waals surface area contributed by atoms with Crippen LogP contribution in [0.1, 0.15) is 33.1 Å². The van der Waals surface area contributed by atoms with Gasteiger partial charge in [0.2, 0.25) is 0 Å². The van der Waals surface area contributed by atoms with E-state index in [2.05, 4.69) is 34.4 Å². The summed E-state index contributed by atoms with van der Waals surface area (Å²) >= 11 is 0. The average Bonchev–Trinajstić information content (AvgIpc) is 3.17. The molecule has 0 amide bonds. The number of nitrogens with zero attached hydrogens (tertiary/aromatic N) is 2. The predicted molar refractivity (Wildman–Crippen MR) is 96.4 cm³/mol. The Balaban J connectivity index is 0.00000161. The molecule has 122 valence electrons. The summed E-state index contributed by atoms with van der Waals surface area (Å²) in [5, 5.41) is 7.04. The van der Waals surface area contributed by atoms with Crippen LogP contribution >= 0.6 is 24.0 Å². The summed E-state index contributed by atoms with van der Waals surface area (Å²) in [5.74, 6) is 0.938. The molecule has 2 saturated heterocycles. The van der Waals surface area contributed by atoms with Crippen LogP contribution in [0, 0.1) is 5.41 Å². The van der Waals surface area contributed by atoms with E-state index >= 15 is 0 Å². The van der Waals surface area contributed by atoms with Crippen molar-refractivity contribution in [1.29, 1.82) is 0 Å². The fraction of sp³-hybridized carbons (Fsp3) is 0.933. The lowest BCUT2D eigenvalue weighted by molar-refractivity contribution is -0.0971. The maximum atomic E-state index is 5.29. The van der Waals surface area contributed by atoms with Crippen molar-refractivity contribution in [3.8, 4) is 0 Å². The van der Waals surface area contributed by atoms with Gasteiger partial charge < -0.3 is 15.4 Å². The minimum atomic E-state index is 0. The summed E-state index contributed by atoms with van der Waals surface area (Å²) in [5.41, 5.74) is 0.278. The van der Waals surface area contributed by atoms with Crippen LogP contribution < -0.4 is 10.6 Å². The van der Waals surface area contributed by atoms with Gasteiger partial charge in [0, 0.05) is 43.7 Å². The molecular weight excluding hydrogens is 379 g/mol. The van der Waals surface area contributed by atoms with E-state index in [9.17, 15) is 0 Å². The Morgan fingerprint density at radius 3 is 2.62 bits per heavy atom. The second kappa shape index (κ2) is 7.00. The summed E-state index contributed by atoms with van der Waals surface area (Å²) in [6.45, 7) is 8.40. The summed E-state index contributed by atoms with van der Waals surface area (Å²) in [7, 11) is 1.85. The zero-order valence-electron chi connectivity index (χ0n) is 13.4. The van der Waals surface area contributed by atoms with Crippen molar-refractivity contribution in [2.45, 2.75) is 51.2 Å². The number of nitrogens with one attached hydrogen (secondary N) is 2. The number of rotatable bonds is 4. The minimum Gasteiger partial charge on any atom is -0.380 e. The lowest BCUT2D eigenvalue weighted by Crippen LogP contribution is -2.52. The summed E-state index contributed by atoms with van der Waals surface area (Å²) in [6.07, 6.45) is 4.00. The van der Waals surface area contributed by atoms with Gasteiger partial charge in [0.1, 0.15) is 0 Å². The highest BCUT2D eigenvalue weighted by Crippen LogP contribution is 2.33. The van der Waals surface area contributed by atoms with E-state index in [1.54, 1.807) is 0 Å². The molecular formula is C15H29IN4O. The molecule has 5 nitrogen and oxygen atoms in total. The number of hydrogen-bond acceptors (Lipinski definition) is 3. The number of guanidine groups is 1. The average molecular weight is 408 g/mol. The van der Waals surface area contributed by atoms with Gasteiger partial charge in [0.15, 0.2) is 5.96 Å². The van der Waals surface area contributed by atoms with Crippen molar-refractivity contribution >= 4 is 29.9 Å². The summed E-state index contributed by atoms with van der Waals surface area (Å²) < 4.78 is 5.29. The van der Waals surface area contributed by atoms with Crippen molar-refractivity contribution in [3.63, 3.8) is 0 Å². The molecule has 0 bridgehead atoms. The van der Waals surface area contributed by atoms with Crippen LogP contribution in [0.3, 0.4) is 0 Å². The van der Waals surface area contributed by atoms with Crippen LogP contribution in [-0.2, 0) is 4.74 Å². The number of likely N-dealkylation sites (tertiary alicyclic amines) is 1. The fourth-order valence-electron chi connectivity index (χ4n) is 3.31. The molecule has 0 aromatic carbocycles. The minimum absolute atomic E-state index is 0. The largest absolute Gasteiger partial charge is 0.380 e. The highest BCUT2D eigenvalue weighted by Gasteiger charge is 2.39. The van der Waals surface area contributed by atoms with Gasteiger partial charge in [0.25, 0.3) is 0 Å². The predicted octanol–water partition coefficient (Wildman–Crippen LogP) is 1.43. The normalized spacial score (nSPS) is 32.2. The Morgan fingerprint density at radius 1 is 1.38 bits per heavy atom. The van der Waals surface area contributed by atoms with E-state index in [1.807, 2.05) is 7.05 Å². The van der Waals surface area contributed by atoms with Crippen molar-refractivity contribution in [1.82, 2.24) is 15.5 Å². The Kier molecular flexibility index (Phi) is 5.76. The first-order valence-electron chi connectivity index (χ1n) is 7.90. The lowest BCUT2D eigenvalue weighted by Gasteiger charge is -2.38. The van der Waals surface area contributed by atoms with Gasteiger partial charge in [0.05, 0.1) is 13.2 Å². The van der Waals surface area contributed by atoms with Crippen LogP contribution in [0.2, 0.25) is 0 Å². The Hall–Kier alpha value is -0.0800. The molecule has 2 N–H and O–H groups in total. The maximum Gasteiger partial charge on any atom is 0.191 e. The third-order valence-corrected chi connectivity index (χ3v) is 4.79. The molecule has 21 heavy (non-hydrogen) atoms. The molecule has 3 aliphatic rings. The van der Waals surface area contributed by atoms with Crippen LogP contribution in [-0.4, -0.2) is 62.3 Å². The van der Waals surface area contributed by atoms with E-state index in [4.69, 9.17) is 4.74 Å². The number of halogens is 1. The van der Waals surface area contributed by atoms with Crippen LogP contribution in [0.25, 0.3) is 0 Å². The first-order valence-corrected chi connectivity index (χ1v) is 7.90. The smallest absolute Gasteiger partial charge is 0.191 e. The number of ether oxygens (including phenoxy) is 1. The van der Waals surface area contributed by atoms with E-state index in [0.717, 1.165) is 38.3 Å². The van der Waals surface area contributed by atoms with E-state index in [0.29, 0.717) is 12.1 Å². The molecule has 3 fully saturated rings. The second-order valence-electron chi connectivity index (χ2n) is 7.08. The van der Waals surface area contributed by atoms with E-state index in [-0.39, 0.29) is 29.4 Å². The molecule has 0 spiro atoms. The van der Waals surface area contributed by atoms with E-state index in [1.165, 1.54) is 19.3 Å². The van der Waals surface area contributed by atoms with Crippen molar-refractivity contribution < 1.29 is 4.74 Å². The third-order valence-electron chi connectivity index (χ3n) is 4.79. The van der Waals surface area contributed by atoms with Crippen molar-refractivity contribution in [2.24, 2.45) is 10.4 Å². The highest BCUT2D eigenvalue weighted by atomic mass is 127. The molecule has 2 atom stereocenters. The van der Waals surface area contributed by atoms with Gasteiger partial charge in [-0.3, -0.25) is 9.89 Å². The van der Waals surface area contributed by atoms with Crippen LogP contribution in [0.5, 0.6) is 0 Å². The molecule has 2 unspecified atom stereocenters. The van der Waals surface area contributed by atoms with Gasteiger partial charge in [-0.25, -0.2) is 0 Å². The Bertz CT molecular complexity index is 382. The van der Waals surface area contributed by atoms with E-state index < -0.39 is 0 Å². The zero-order valence-corrected chi connectivity index (χ0v) is 15.7. The number of hydrogen-bond donors (Lipinski definition) is 2. The quantitative estimate of drug-likeness (QED) is 0.420. The summed E-state index contributed by atoms with van der Waals surface area (Å²) in [6, 6.07) is 2.09. The molecule has 6 heteroatoms. The lowest BCUT2D eigenvalue weighted by atomic mass is 9.89. The van der Waals surface area contributed by atoms with Crippen LogP contribution in [0.15, 0.2) is 4.99 Å². The molecule has 0 aromatic rings. The Labute approximate surface area is 145 Å². The van der Waals surface area contributed by atoms with Gasteiger partial charge in [-0.2, -0.15) is 0 Å². The van der Waals surface area contributed by atoms with Crippen molar-refractivity contribution in [2.75, 3.05) is 33.4 Å². The highest BCUT2D eigenvalue weighted by molar-refractivity contribution is 14.0. The second-order valence-corrected chi connectivity index (χ2v) is 7.08. The third kappa shape index (κ3) is 4.22. The monoisotopic (exact) mass is 408 g/mol. The SMILES string of the molecule is CN=C(NCC1(C)COC1)NC1CC(C)N(C2CC2)C1.I. The fourth-order valence-corrected chi connectivity index (χ4v) is 3.31. The molecule has 2 aliphatic heterocycles. The standard InChI is InChI=1S/C15H28N4O.HI/c1-11-6-12(7-19(11)13-4-5-13)18-14(16-3)17-8-15(2)9-20-10-15;/h11-13H,4-10H2,1-3H3,(H2,16,17,18);1H. The van der Waals surface area contributed by atoms with Gasteiger partial charge in [-0.05, 0) is 26.2 Å². The maximum absolute atomic E-state index is 5.29. The first kappa shape index (κ1) is 17.3. The molecule has 0 aromatic heterocycles. The van der Waals surface area contributed by atoms with Crippen molar-refractivity contribution in [3.05, 3.63) is 0 Å². The molecule has 3 rings (SSSR count). The Morgan fingerprint density at radius 2 is 2.10 bits per heavy atom.